The fourth-order valence-electron chi connectivity index (χ4n) is 0.250. The van der Waals surface area contributed by atoms with Crippen LogP contribution in [-0.2, 0) is 8.26 Å². The van der Waals surface area contributed by atoms with Crippen molar-refractivity contribution in [3.05, 3.63) is 0 Å². The van der Waals surface area contributed by atoms with E-state index >= 15 is 0 Å². The number of hydrogen-bond donors (Lipinski definition) is 0. The lowest BCUT2D eigenvalue weighted by Crippen LogP contribution is -1.85. The minimum absolute atomic E-state index is 1.50. The molecule has 0 amide bonds. The molecule has 0 heterocycles. The molecule has 0 aromatic heterocycles. The maximum atomic E-state index is 9.16. The summed E-state index contributed by atoms with van der Waals surface area (Å²) in [7, 11) is 4.81. The molecule has 1 aliphatic rings. The van der Waals surface area contributed by atoms with Gasteiger partial charge in [-0.3, -0.25) is 0 Å². The molecular formula is C4H8Cl2O2S. The summed E-state index contributed by atoms with van der Waals surface area (Å²) in [5.74, 6) is 0. The smallest absolute Gasteiger partial charge is 0.195 e. The summed E-state index contributed by atoms with van der Waals surface area (Å²) in [6.07, 6.45) is 6.00. The van der Waals surface area contributed by atoms with Crippen LogP contribution in [0.5, 0.6) is 0 Å². The molecule has 56 valence electrons. The Hall–Kier alpha value is 0.530. The van der Waals surface area contributed by atoms with Crippen LogP contribution < -0.4 is 0 Å². The van der Waals surface area contributed by atoms with Gasteiger partial charge in [0.15, 0.2) is 0 Å². The van der Waals surface area contributed by atoms with Crippen molar-refractivity contribution in [2.45, 2.75) is 25.7 Å². The van der Waals surface area contributed by atoms with E-state index in [2.05, 4.69) is 21.4 Å². The zero-order valence-electron chi connectivity index (χ0n) is 4.81. The highest BCUT2D eigenvalue weighted by atomic mass is 36.0. The van der Waals surface area contributed by atoms with E-state index in [1.807, 2.05) is 0 Å². The van der Waals surface area contributed by atoms with Crippen molar-refractivity contribution in [2.24, 2.45) is 0 Å². The molecule has 0 spiro atoms. The Bertz CT molecular complexity index is 136. The highest BCUT2D eigenvalue weighted by Gasteiger charge is 1.95. The average molecular weight is 191 g/mol. The van der Waals surface area contributed by atoms with Gasteiger partial charge in [-0.2, -0.15) is 8.42 Å². The second-order valence-electron chi connectivity index (χ2n) is 1.79. The standard InChI is InChI=1S/C4H8.Cl2O2S/c1-2-4-3-1;1-5(2,3)4/h1-4H2;. The predicted octanol–water partition coefficient (Wildman–Crippen LogP) is 2.27. The third-order valence-corrected chi connectivity index (χ3v) is 1.000. The van der Waals surface area contributed by atoms with E-state index < -0.39 is 8.26 Å². The molecule has 9 heavy (non-hydrogen) atoms. The summed E-state index contributed by atoms with van der Waals surface area (Å²) < 4.78 is 18.3. The van der Waals surface area contributed by atoms with E-state index in [-0.39, 0.29) is 0 Å². The Labute approximate surface area is 64.1 Å². The summed E-state index contributed by atoms with van der Waals surface area (Å²) in [6, 6.07) is 0. The van der Waals surface area contributed by atoms with Crippen LogP contribution >= 0.6 is 21.4 Å². The Morgan fingerprint density at radius 1 is 0.889 bits per heavy atom. The molecule has 2 nitrogen and oxygen atoms in total. The van der Waals surface area contributed by atoms with Gasteiger partial charge in [0.25, 0.3) is 0 Å². The number of halogens is 2. The Kier molecular flexibility index (Phi) is 4.62. The Morgan fingerprint density at radius 3 is 1.00 bits per heavy atom. The van der Waals surface area contributed by atoms with Crippen LogP contribution in [-0.4, -0.2) is 8.42 Å². The fraction of sp³-hybridized carbons (Fsp3) is 1.00. The van der Waals surface area contributed by atoms with Gasteiger partial charge >= 0.3 is 8.26 Å². The molecule has 5 heteroatoms. The van der Waals surface area contributed by atoms with Crippen molar-refractivity contribution in [3.63, 3.8) is 0 Å². The third-order valence-electron chi connectivity index (χ3n) is 1.000. The zero-order chi connectivity index (χ0) is 7.33. The minimum Gasteiger partial charge on any atom is -0.195 e. The van der Waals surface area contributed by atoms with E-state index in [0.29, 0.717) is 0 Å². The number of rotatable bonds is 0. The Balaban J connectivity index is 0.000000144. The lowest BCUT2D eigenvalue weighted by Gasteiger charge is -2.05. The molecule has 0 aliphatic heterocycles. The molecule has 1 fully saturated rings. The second-order valence-corrected chi connectivity index (χ2v) is 5.46. The molecule has 0 aromatic carbocycles. The molecule has 1 saturated carbocycles. The second kappa shape index (κ2) is 4.36. The van der Waals surface area contributed by atoms with Gasteiger partial charge in [-0.1, -0.05) is 25.7 Å². The van der Waals surface area contributed by atoms with E-state index in [1.165, 1.54) is 25.7 Å². The first-order valence-corrected chi connectivity index (χ1v) is 5.78. The quantitative estimate of drug-likeness (QED) is 0.550. The SMILES string of the molecule is C1CCC1.O=S(=O)(Cl)Cl. The van der Waals surface area contributed by atoms with Gasteiger partial charge in [-0.25, -0.2) is 0 Å². The van der Waals surface area contributed by atoms with Crippen LogP contribution in [0.3, 0.4) is 0 Å². The number of hydrogen-bond acceptors (Lipinski definition) is 2. The molecule has 0 radical (unpaired) electrons. The van der Waals surface area contributed by atoms with Gasteiger partial charge < -0.3 is 0 Å². The molecule has 0 saturated heterocycles. The van der Waals surface area contributed by atoms with Crippen molar-refractivity contribution in [1.29, 1.82) is 0 Å². The van der Waals surface area contributed by atoms with E-state index in [9.17, 15) is 0 Å². The van der Waals surface area contributed by atoms with Gasteiger partial charge in [0.2, 0.25) is 0 Å². The first-order valence-electron chi connectivity index (χ1n) is 2.64. The highest BCUT2D eigenvalue weighted by molar-refractivity contribution is 8.31. The summed E-state index contributed by atoms with van der Waals surface area (Å²) in [4.78, 5) is 0. The molecule has 1 aliphatic carbocycles. The van der Waals surface area contributed by atoms with Crippen molar-refractivity contribution in [3.8, 4) is 0 Å². The van der Waals surface area contributed by atoms with Crippen LogP contribution in [0, 0.1) is 0 Å². The monoisotopic (exact) mass is 190 g/mol. The highest BCUT2D eigenvalue weighted by Crippen LogP contribution is 2.15. The van der Waals surface area contributed by atoms with Crippen molar-refractivity contribution < 1.29 is 8.42 Å². The van der Waals surface area contributed by atoms with E-state index in [4.69, 9.17) is 8.42 Å². The molecule has 0 bridgehead atoms. The van der Waals surface area contributed by atoms with Gasteiger partial charge in [0, 0.05) is 21.4 Å². The zero-order valence-corrected chi connectivity index (χ0v) is 7.14. The van der Waals surface area contributed by atoms with Gasteiger partial charge in [0.05, 0.1) is 0 Å². The summed E-state index contributed by atoms with van der Waals surface area (Å²) in [5.41, 5.74) is 0. The maximum absolute atomic E-state index is 9.16. The van der Waals surface area contributed by atoms with Crippen molar-refractivity contribution >= 4 is 29.6 Å². The normalized spacial score (nSPS) is 17.1. The van der Waals surface area contributed by atoms with Crippen molar-refractivity contribution in [2.75, 3.05) is 0 Å². The van der Waals surface area contributed by atoms with E-state index in [1.54, 1.807) is 0 Å². The average Bonchev–Trinajstić information content (AvgIpc) is 1.12. The maximum Gasteiger partial charge on any atom is 0.317 e. The molecule has 0 N–H and O–H groups in total. The van der Waals surface area contributed by atoms with Gasteiger partial charge in [-0.15, -0.1) is 0 Å². The van der Waals surface area contributed by atoms with Crippen LogP contribution in [0.4, 0.5) is 0 Å². The largest absolute Gasteiger partial charge is 0.317 e. The molecule has 0 atom stereocenters. The molecular weight excluding hydrogens is 183 g/mol. The molecule has 1 rings (SSSR count). The summed E-state index contributed by atoms with van der Waals surface area (Å²) in [6.45, 7) is 0. The molecule has 0 unspecified atom stereocenters. The fourth-order valence-corrected chi connectivity index (χ4v) is 0.250. The first kappa shape index (κ1) is 9.53. The topological polar surface area (TPSA) is 34.1 Å². The predicted molar refractivity (Wildman–Crippen MR) is 39.1 cm³/mol. The van der Waals surface area contributed by atoms with Gasteiger partial charge in [-0.05, 0) is 0 Å². The van der Waals surface area contributed by atoms with Crippen LogP contribution in [0.25, 0.3) is 0 Å². The lowest BCUT2D eigenvalue weighted by molar-refractivity contribution is 0.504. The Morgan fingerprint density at radius 2 is 1.00 bits per heavy atom. The van der Waals surface area contributed by atoms with Crippen molar-refractivity contribution in [1.82, 2.24) is 0 Å². The van der Waals surface area contributed by atoms with Crippen LogP contribution in [0.1, 0.15) is 25.7 Å². The van der Waals surface area contributed by atoms with Gasteiger partial charge in [0.1, 0.15) is 0 Å². The minimum atomic E-state index is -3.72. The van der Waals surface area contributed by atoms with Crippen LogP contribution in [0.2, 0.25) is 0 Å². The first-order chi connectivity index (χ1) is 4.00. The third kappa shape index (κ3) is 17.7. The van der Waals surface area contributed by atoms with E-state index in [0.717, 1.165) is 0 Å². The van der Waals surface area contributed by atoms with Crippen LogP contribution in [0.15, 0.2) is 0 Å². The lowest BCUT2D eigenvalue weighted by atomic mass is 10.0. The summed E-state index contributed by atoms with van der Waals surface area (Å²) >= 11 is 0. The summed E-state index contributed by atoms with van der Waals surface area (Å²) in [5, 5.41) is 0. The molecule has 0 aromatic rings.